The molecule has 6 nitrogen and oxygen atoms in total. The molecule has 0 radical (unpaired) electrons. The number of hydrogen-bond acceptors (Lipinski definition) is 4. The van der Waals surface area contributed by atoms with Crippen LogP contribution in [0.5, 0.6) is 0 Å². The molecule has 2 amide bonds. The Balaban J connectivity index is 5.43. The van der Waals surface area contributed by atoms with Gasteiger partial charge in [0.15, 0.2) is 0 Å². The highest BCUT2D eigenvalue weighted by atomic mass is 16.2. The third kappa shape index (κ3) is 3.96. The second-order valence-electron chi connectivity index (χ2n) is 5.71. The number of hydrogen-bond donors (Lipinski definition) is 3. The lowest BCUT2D eigenvalue weighted by molar-refractivity contribution is -0.154. The van der Waals surface area contributed by atoms with Crippen LogP contribution in [0.1, 0.15) is 40.5 Å². The van der Waals surface area contributed by atoms with Crippen LogP contribution in [0.4, 0.5) is 0 Å². The Hall–Kier alpha value is -1.14. The Bertz CT molecular complexity index is 295. The van der Waals surface area contributed by atoms with Crippen LogP contribution in [0.15, 0.2) is 0 Å². The number of amides is 2. The summed E-state index contributed by atoms with van der Waals surface area (Å²) in [6.45, 7) is 8.35. The third-order valence-corrected chi connectivity index (χ3v) is 3.14. The van der Waals surface area contributed by atoms with Gasteiger partial charge in [0.2, 0.25) is 0 Å². The van der Waals surface area contributed by atoms with Gasteiger partial charge in [0.05, 0.1) is 0 Å². The first-order chi connectivity index (χ1) is 8.10. The Labute approximate surface area is 109 Å². The van der Waals surface area contributed by atoms with Crippen molar-refractivity contribution in [1.29, 1.82) is 0 Å². The zero-order valence-corrected chi connectivity index (χ0v) is 11.8. The van der Waals surface area contributed by atoms with Gasteiger partial charge in [-0.2, -0.15) is 0 Å². The van der Waals surface area contributed by atoms with Crippen LogP contribution in [-0.4, -0.2) is 40.9 Å². The molecule has 0 aliphatic heterocycles. The van der Waals surface area contributed by atoms with Crippen molar-refractivity contribution in [1.82, 2.24) is 4.90 Å². The molecule has 0 saturated carbocycles. The Morgan fingerprint density at radius 1 is 0.944 bits per heavy atom. The molecular weight excluding hydrogens is 232 g/mol. The molecule has 106 valence electrons. The van der Waals surface area contributed by atoms with E-state index in [-0.39, 0.29) is 0 Å². The molecule has 0 aromatic heterocycles. The first-order valence-corrected chi connectivity index (χ1v) is 6.14. The average molecular weight is 258 g/mol. The zero-order valence-electron chi connectivity index (χ0n) is 11.8. The Morgan fingerprint density at radius 2 is 1.28 bits per heavy atom. The monoisotopic (exact) mass is 258 g/mol. The van der Waals surface area contributed by atoms with Gasteiger partial charge < -0.3 is 22.1 Å². The number of carbonyl (C=O) groups is 2. The van der Waals surface area contributed by atoms with E-state index < -0.39 is 22.9 Å². The maximum absolute atomic E-state index is 12.1. The molecule has 0 heterocycles. The first-order valence-electron chi connectivity index (χ1n) is 6.14. The molecule has 0 aliphatic carbocycles. The Kier molecular flexibility index (Phi) is 5.76. The van der Waals surface area contributed by atoms with Gasteiger partial charge >= 0.3 is 11.8 Å². The minimum Gasteiger partial charge on any atom is -0.361 e. The molecular formula is C12H26N4O2. The van der Waals surface area contributed by atoms with Gasteiger partial charge in [0.25, 0.3) is 0 Å². The van der Waals surface area contributed by atoms with E-state index in [2.05, 4.69) is 0 Å². The molecule has 0 bridgehead atoms. The maximum atomic E-state index is 12.1. The standard InChI is InChI=1S/C12H26N4O2/c1-11(2,5-7-13)16(10(18)9(15)17)12(3,4)6-8-14/h5-8,13-14H2,1-4H3,(H2,15,17). The highest BCUT2D eigenvalue weighted by molar-refractivity contribution is 6.34. The Morgan fingerprint density at radius 3 is 1.50 bits per heavy atom. The highest BCUT2D eigenvalue weighted by Crippen LogP contribution is 2.30. The topological polar surface area (TPSA) is 115 Å². The fourth-order valence-electron chi connectivity index (χ4n) is 2.41. The van der Waals surface area contributed by atoms with E-state index in [4.69, 9.17) is 17.2 Å². The number of nitrogens with zero attached hydrogens (tertiary/aromatic N) is 1. The molecule has 0 saturated heterocycles. The van der Waals surface area contributed by atoms with Crippen LogP contribution in [0.3, 0.4) is 0 Å². The van der Waals surface area contributed by atoms with E-state index in [9.17, 15) is 9.59 Å². The summed E-state index contributed by atoms with van der Waals surface area (Å²) in [5.74, 6) is -1.64. The van der Waals surface area contributed by atoms with Crippen molar-refractivity contribution in [2.45, 2.75) is 51.6 Å². The molecule has 0 spiro atoms. The van der Waals surface area contributed by atoms with E-state index in [1.807, 2.05) is 27.7 Å². The van der Waals surface area contributed by atoms with Crippen LogP contribution in [-0.2, 0) is 9.59 Å². The summed E-state index contributed by atoms with van der Waals surface area (Å²) >= 11 is 0. The SMILES string of the molecule is CC(C)(CCN)N(C(=O)C(N)=O)C(C)(C)CCN. The molecule has 6 heteroatoms. The largest absolute Gasteiger partial charge is 0.361 e. The summed E-state index contributed by atoms with van der Waals surface area (Å²) in [4.78, 5) is 24.8. The fraction of sp³-hybridized carbons (Fsp3) is 0.833. The first kappa shape index (κ1) is 16.9. The summed E-state index contributed by atoms with van der Waals surface area (Å²) in [7, 11) is 0. The number of primary amides is 1. The average Bonchev–Trinajstić information content (AvgIpc) is 2.15. The predicted octanol–water partition coefficient (Wildman–Crippen LogP) is -0.445. The summed E-state index contributed by atoms with van der Waals surface area (Å²) in [5, 5.41) is 0. The molecule has 0 aromatic carbocycles. The van der Waals surface area contributed by atoms with Gasteiger partial charge in [-0.3, -0.25) is 9.59 Å². The van der Waals surface area contributed by atoms with Gasteiger partial charge in [0.1, 0.15) is 0 Å². The van der Waals surface area contributed by atoms with E-state index in [0.717, 1.165) is 0 Å². The van der Waals surface area contributed by atoms with Crippen LogP contribution in [0, 0.1) is 0 Å². The summed E-state index contributed by atoms with van der Waals surface area (Å²) in [5.41, 5.74) is 15.2. The number of rotatable bonds is 6. The van der Waals surface area contributed by atoms with E-state index in [1.54, 1.807) is 0 Å². The lowest BCUT2D eigenvalue weighted by Gasteiger charge is -2.48. The third-order valence-electron chi connectivity index (χ3n) is 3.14. The molecule has 18 heavy (non-hydrogen) atoms. The van der Waals surface area contributed by atoms with Crippen molar-refractivity contribution in [3.63, 3.8) is 0 Å². The van der Waals surface area contributed by atoms with E-state index in [0.29, 0.717) is 25.9 Å². The van der Waals surface area contributed by atoms with Gasteiger partial charge in [-0.05, 0) is 53.6 Å². The second-order valence-corrected chi connectivity index (χ2v) is 5.71. The predicted molar refractivity (Wildman–Crippen MR) is 71.5 cm³/mol. The summed E-state index contributed by atoms with van der Waals surface area (Å²) in [6, 6.07) is 0. The smallest absolute Gasteiger partial charge is 0.312 e. The number of carbonyl (C=O) groups excluding carboxylic acids is 2. The minimum atomic E-state index is -0.954. The molecule has 0 fully saturated rings. The lowest BCUT2D eigenvalue weighted by Crippen LogP contribution is -2.62. The van der Waals surface area contributed by atoms with Crippen LogP contribution in [0.2, 0.25) is 0 Å². The van der Waals surface area contributed by atoms with Crippen molar-refractivity contribution < 1.29 is 9.59 Å². The highest BCUT2D eigenvalue weighted by Gasteiger charge is 2.41. The van der Waals surface area contributed by atoms with Crippen molar-refractivity contribution in [2.24, 2.45) is 17.2 Å². The molecule has 0 unspecified atom stereocenters. The summed E-state index contributed by atoms with van der Waals surface area (Å²) in [6.07, 6.45) is 1.17. The van der Waals surface area contributed by atoms with Crippen molar-refractivity contribution >= 4 is 11.8 Å². The zero-order chi connectivity index (χ0) is 14.6. The van der Waals surface area contributed by atoms with E-state index in [1.165, 1.54) is 4.90 Å². The van der Waals surface area contributed by atoms with Crippen LogP contribution in [0.25, 0.3) is 0 Å². The van der Waals surface area contributed by atoms with Crippen LogP contribution < -0.4 is 17.2 Å². The van der Waals surface area contributed by atoms with E-state index >= 15 is 0 Å². The second kappa shape index (κ2) is 6.15. The normalized spacial score (nSPS) is 12.3. The quantitative estimate of drug-likeness (QED) is 0.560. The lowest BCUT2D eigenvalue weighted by atomic mass is 9.88. The maximum Gasteiger partial charge on any atom is 0.312 e. The van der Waals surface area contributed by atoms with Crippen molar-refractivity contribution in [3.05, 3.63) is 0 Å². The molecule has 0 atom stereocenters. The van der Waals surface area contributed by atoms with Crippen molar-refractivity contribution in [3.8, 4) is 0 Å². The van der Waals surface area contributed by atoms with Crippen molar-refractivity contribution in [2.75, 3.05) is 13.1 Å². The van der Waals surface area contributed by atoms with Crippen LogP contribution >= 0.6 is 0 Å². The fourth-order valence-corrected chi connectivity index (χ4v) is 2.41. The van der Waals surface area contributed by atoms with Gasteiger partial charge in [0, 0.05) is 11.1 Å². The molecule has 0 rings (SSSR count). The minimum absolute atomic E-state index is 0.425. The molecule has 6 N–H and O–H groups in total. The van der Waals surface area contributed by atoms with Gasteiger partial charge in [-0.15, -0.1) is 0 Å². The summed E-state index contributed by atoms with van der Waals surface area (Å²) < 4.78 is 0. The van der Waals surface area contributed by atoms with Gasteiger partial charge in [-0.25, -0.2) is 0 Å². The molecule has 0 aliphatic rings. The number of nitrogens with two attached hydrogens (primary N) is 3. The van der Waals surface area contributed by atoms with Gasteiger partial charge in [-0.1, -0.05) is 0 Å². The molecule has 0 aromatic rings.